The van der Waals surface area contributed by atoms with Crippen molar-refractivity contribution in [2.45, 2.75) is 83.1 Å². The quantitative estimate of drug-likeness (QED) is 0.0436. The summed E-state index contributed by atoms with van der Waals surface area (Å²) in [6, 6.07) is 18.3. The van der Waals surface area contributed by atoms with Gasteiger partial charge in [0.1, 0.15) is 0 Å². The third-order valence-electron chi connectivity index (χ3n) is 7.31. The molecule has 0 saturated carbocycles. The first kappa shape index (κ1) is 28.5. The van der Waals surface area contributed by atoms with E-state index in [4.69, 9.17) is 38.0 Å². The number of esters is 1. The van der Waals surface area contributed by atoms with E-state index in [-0.39, 0.29) is 5.97 Å². The Morgan fingerprint density at radius 3 is 1.95 bits per heavy atom. The van der Waals surface area contributed by atoms with Crippen LogP contribution in [-0.2, 0) is 16.0 Å². The Hall–Kier alpha value is -1.52. The lowest BCUT2D eigenvalue weighted by Crippen LogP contribution is -2.07. The molecule has 0 unspecified atom stereocenters. The van der Waals surface area contributed by atoms with Crippen LogP contribution < -0.4 is 0 Å². The maximum absolute atomic E-state index is 12.1. The van der Waals surface area contributed by atoms with E-state index in [1.54, 1.807) is 0 Å². The Morgan fingerprint density at radius 1 is 0.649 bits per heavy atom. The van der Waals surface area contributed by atoms with Gasteiger partial charge in [0, 0.05) is 6.42 Å². The second-order valence-electron chi connectivity index (χ2n) is 10.2. The Kier molecular flexibility index (Phi) is 10.8. The number of carbonyl (C=O) groups excluding carboxylic acids is 1. The fraction of sp³-hybridized carbons (Fsp3) is 0.452. The minimum absolute atomic E-state index is 0.0568. The number of benzene rings is 4. The first-order chi connectivity index (χ1) is 17.9. The Labute approximate surface area is 236 Å². The first-order valence-electron chi connectivity index (χ1n) is 13.8. The molecule has 0 fully saturated rings. The summed E-state index contributed by atoms with van der Waals surface area (Å²) < 4.78 is 5.49. The van der Waals surface area contributed by atoms with Crippen LogP contribution in [0.1, 0.15) is 76.2 Å². The number of rotatable bonds is 16. The van der Waals surface area contributed by atoms with Crippen molar-refractivity contribution in [3.63, 3.8) is 0 Å². The topological polar surface area (TPSA) is 26.3 Å². The molecule has 198 valence electrons. The summed E-state index contributed by atoms with van der Waals surface area (Å²) in [5, 5.41) is 8.00. The van der Waals surface area contributed by atoms with E-state index >= 15 is 0 Å². The van der Waals surface area contributed by atoms with Crippen LogP contribution in [-0.4, -0.2) is 18.6 Å². The smallest absolute Gasteiger partial charge is 0.341 e. The lowest BCUT2D eigenvalue weighted by Gasteiger charge is -2.14. The van der Waals surface area contributed by atoms with Gasteiger partial charge in [-0.3, -0.25) is 4.79 Å². The van der Waals surface area contributed by atoms with Gasteiger partial charge in [0.2, 0.25) is 0 Å². The monoisotopic (exact) mass is 574 g/mol. The van der Waals surface area contributed by atoms with Gasteiger partial charge in [-0.25, -0.2) is 0 Å². The zero-order valence-electron chi connectivity index (χ0n) is 21.5. The minimum Gasteiger partial charge on any atom is -0.466 e. The van der Waals surface area contributed by atoms with Crippen LogP contribution in [0.4, 0.5) is 0 Å². The molecule has 0 saturated heterocycles. The zero-order chi connectivity index (χ0) is 26.1. The van der Waals surface area contributed by atoms with Crippen molar-refractivity contribution < 1.29 is 9.53 Å². The van der Waals surface area contributed by atoms with E-state index in [2.05, 4.69) is 54.6 Å². The average Bonchev–Trinajstić information content (AvgIpc) is 2.88. The van der Waals surface area contributed by atoms with Gasteiger partial charge in [-0.15, -0.1) is 33.2 Å². The Balaban J connectivity index is 1.09. The molecule has 0 aliphatic rings. The van der Waals surface area contributed by atoms with Crippen LogP contribution in [0.5, 0.6) is 0 Å². The van der Waals surface area contributed by atoms with Crippen molar-refractivity contribution in [1.29, 1.82) is 0 Å². The molecule has 4 aromatic rings. The third-order valence-corrected chi connectivity index (χ3v) is 9.93. The van der Waals surface area contributed by atoms with Gasteiger partial charge in [-0.05, 0) is 69.6 Å². The fourth-order valence-electron chi connectivity index (χ4n) is 5.34. The maximum Gasteiger partial charge on any atom is 0.341 e. The van der Waals surface area contributed by atoms with Gasteiger partial charge in [0.25, 0.3) is 0 Å². The fourth-order valence-corrected chi connectivity index (χ4v) is 7.20. The molecule has 2 nitrogen and oxygen atoms in total. The molecule has 0 heterocycles. The van der Waals surface area contributed by atoms with Crippen LogP contribution >= 0.6 is 33.2 Å². The highest BCUT2D eigenvalue weighted by atomic mass is 35.8. The van der Waals surface area contributed by atoms with Crippen LogP contribution in [0.2, 0.25) is 6.04 Å². The largest absolute Gasteiger partial charge is 0.466 e. The highest BCUT2D eigenvalue weighted by Gasteiger charge is 2.23. The zero-order valence-corrected chi connectivity index (χ0v) is 24.8. The molecule has 0 amide bonds. The summed E-state index contributed by atoms with van der Waals surface area (Å²) in [5.74, 6) is -0.0568. The van der Waals surface area contributed by atoms with Crippen molar-refractivity contribution in [1.82, 2.24) is 0 Å². The summed E-state index contributed by atoms with van der Waals surface area (Å²) in [4.78, 5) is 12.1. The molecule has 0 aliphatic carbocycles. The highest BCUT2D eigenvalue weighted by Crippen LogP contribution is 2.36. The van der Waals surface area contributed by atoms with Crippen molar-refractivity contribution in [2.75, 3.05) is 6.61 Å². The van der Waals surface area contributed by atoms with Gasteiger partial charge in [-0.2, -0.15) is 0 Å². The van der Waals surface area contributed by atoms with Gasteiger partial charge in [-0.1, -0.05) is 99.5 Å². The van der Waals surface area contributed by atoms with E-state index in [1.165, 1.54) is 63.6 Å². The minimum atomic E-state index is -2.43. The predicted octanol–water partition coefficient (Wildman–Crippen LogP) is 10.6. The van der Waals surface area contributed by atoms with Crippen molar-refractivity contribution in [2.24, 2.45) is 0 Å². The van der Waals surface area contributed by atoms with Crippen LogP contribution in [0.15, 0.2) is 54.6 Å². The molecule has 37 heavy (non-hydrogen) atoms. The summed E-state index contributed by atoms with van der Waals surface area (Å²) in [6.07, 6.45) is 12.4. The molecule has 0 spiro atoms. The molecule has 0 aliphatic heterocycles. The van der Waals surface area contributed by atoms with Crippen molar-refractivity contribution in [3.05, 3.63) is 60.2 Å². The highest BCUT2D eigenvalue weighted by molar-refractivity contribution is 7.64. The molecule has 4 rings (SSSR count). The molecular formula is C31H37Cl3O2Si. The Morgan fingerprint density at radius 2 is 1.24 bits per heavy atom. The van der Waals surface area contributed by atoms with Gasteiger partial charge >= 0.3 is 12.0 Å². The normalized spacial score (nSPS) is 12.2. The molecule has 6 heteroatoms. The summed E-state index contributed by atoms with van der Waals surface area (Å²) >= 11 is 17.7. The van der Waals surface area contributed by atoms with E-state index in [0.29, 0.717) is 13.0 Å². The van der Waals surface area contributed by atoms with Crippen LogP contribution in [0.3, 0.4) is 0 Å². The Bertz CT molecular complexity index is 1270. The van der Waals surface area contributed by atoms with Gasteiger partial charge in [0.05, 0.1) is 6.61 Å². The number of carbonyl (C=O) groups is 1. The summed E-state index contributed by atoms with van der Waals surface area (Å²) in [5.41, 5.74) is 1.38. The molecule has 0 N–H and O–H groups in total. The number of aryl methyl sites for hydroxylation is 1. The number of unbranched alkanes of at least 4 members (excludes halogenated alkanes) is 8. The van der Waals surface area contributed by atoms with Gasteiger partial charge in [0.15, 0.2) is 0 Å². The molecule has 4 aromatic carbocycles. The second-order valence-corrected chi connectivity index (χ2v) is 19.5. The number of hydrogen-bond donors (Lipinski definition) is 0. The van der Waals surface area contributed by atoms with Crippen LogP contribution in [0, 0.1) is 0 Å². The lowest BCUT2D eigenvalue weighted by atomic mass is 9.91. The first-order valence-corrected chi connectivity index (χ1v) is 19.0. The summed E-state index contributed by atoms with van der Waals surface area (Å²) in [6.45, 7) is 0.516. The molecule has 0 atom stereocenters. The van der Waals surface area contributed by atoms with Crippen molar-refractivity contribution in [3.8, 4) is 0 Å². The number of halogens is 3. The average molecular weight is 576 g/mol. The molecule has 0 radical (unpaired) electrons. The lowest BCUT2D eigenvalue weighted by molar-refractivity contribution is -0.143. The predicted molar refractivity (Wildman–Crippen MR) is 164 cm³/mol. The van der Waals surface area contributed by atoms with E-state index in [1.807, 2.05) is 0 Å². The third kappa shape index (κ3) is 8.48. The van der Waals surface area contributed by atoms with Gasteiger partial charge < -0.3 is 4.74 Å². The van der Waals surface area contributed by atoms with E-state index < -0.39 is 6.00 Å². The SMILES string of the molecule is O=C(CCCCCCCCCC[Si](Cl)(Cl)Cl)OCCCCc1ccc2ccc3cccc4ccc1c2c34. The number of hydrogen-bond acceptors (Lipinski definition) is 2. The maximum atomic E-state index is 12.1. The molecular weight excluding hydrogens is 539 g/mol. The standard InChI is InChI=1S/C31H37Cl3O2Si/c32-37(33,34)23-10-6-4-2-1-3-5-7-15-29(35)36-22-9-8-12-24-16-17-27-19-18-25-13-11-14-26-20-21-28(24)31(27)30(25)26/h11,13-14,16-21H,1-10,12,15,22-23H2. The summed E-state index contributed by atoms with van der Waals surface area (Å²) in [7, 11) is 0. The number of ether oxygens (including phenoxy) is 1. The second kappa shape index (κ2) is 14.0. The van der Waals surface area contributed by atoms with Crippen molar-refractivity contribution >= 4 is 77.5 Å². The molecule has 0 bridgehead atoms. The van der Waals surface area contributed by atoms with E-state index in [0.717, 1.165) is 51.0 Å². The molecule has 0 aromatic heterocycles. The van der Waals surface area contributed by atoms with E-state index in [9.17, 15) is 4.79 Å². The van der Waals surface area contributed by atoms with Crippen LogP contribution in [0.25, 0.3) is 32.3 Å².